The molecule has 0 aliphatic heterocycles. The summed E-state index contributed by atoms with van der Waals surface area (Å²) in [6, 6.07) is 14.5. The average Bonchev–Trinajstić information content (AvgIpc) is 2.81. The van der Waals surface area contributed by atoms with Gasteiger partial charge in [0.2, 0.25) is 0 Å². The molecule has 3 aromatic rings. The lowest BCUT2D eigenvalue weighted by Gasteiger charge is -2.17. The van der Waals surface area contributed by atoms with Crippen LogP contribution in [0.15, 0.2) is 59.6 Å². The van der Waals surface area contributed by atoms with Crippen molar-refractivity contribution in [2.45, 2.75) is 13.0 Å². The van der Waals surface area contributed by atoms with E-state index in [4.69, 9.17) is 0 Å². The zero-order valence-electron chi connectivity index (χ0n) is 12.7. The Bertz CT molecular complexity index is 821. The zero-order chi connectivity index (χ0) is 15.7. The Morgan fingerprint density at radius 2 is 2.00 bits per heavy atom. The Labute approximate surface area is 138 Å². The van der Waals surface area contributed by atoms with Crippen LogP contribution in [0.2, 0.25) is 0 Å². The van der Waals surface area contributed by atoms with E-state index in [1.807, 2.05) is 38.2 Å². The van der Waals surface area contributed by atoms with Gasteiger partial charge in [0.15, 0.2) is 0 Å². The number of halogens is 1. The molecule has 0 radical (unpaired) electrons. The van der Waals surface area contributed by atoms with Gasteiger partial charge < -0.3 is 9.88 Å². The molecule has 2 aromatic carbocycles. The van der Waals surface area contributed by atoms with E-state index in [0.717, 1.165) is 27.0 Å². The van der Waals surface area contributed by atoms with E-state index in [-0.39, 0.29) is 6.04 Å². The van der Waals surface area contributed by atoms with Gasteiger partial charge in [-0.15, -0.1) is 6.58 Å². The lowest BCUT2D eigenvalue weighted by Crippen LogP contribution is -2.08. The number of rotatable bonds is 4. The minimum Gasteiger partial charge on any atom is -0.373 e. The molecule has 0 spiro atoms. The van der Waals surface area contributed by atoms with Gasteiger partial charge in [0.25, 0.3) is 0 Å². The largest absolute Gasteiger partial charge is 0.373 e. The Kier molecular flexibility index (Phi) is 4.03. The maximum atomic E-state index is 4.68. The summed E-state index contributed by atoms with van der Waals surface area (Å²) in [6.45, 7) is 5.97. The van der Waals surface area contributed by atoms with Gasteiger partial charge in [-0.3, -0.25) is 0 Å². The summed E-state index contributed by atoms with van der Waals surface area (Å²) in [5.74, 6) is 0.992. The highest BCUT2D eigenvalue weighted by atomic mass is 79.9. The quantitative estimate of drug-likeness (QED) is 0.668. The highest BCUT2D eigenvalue weighted by Gasteiger charge is 2.14. The number of nitrogens with zero attached hydrogens (tertiary/aromatic N) is 2. The van der Waals surface area contributed by atoms with Crippen molar-refractivity contribution in [3.63, 3.8) is 0 Å². The van der Waals surface area contributed by atoms with Gasteiger partial charge in [-0.25, -0.2) is 4.98 Å². The third kappa shape index (κ3) is 2.66. The Morgan fingerprint density at radius 3 is 2.68 bits per heavy atom. The van der Waals surface area contributed by atoms with E-state index >= 15 is 0 Å². The van der Waals surface area contributed by atoms with Crippen LogP contribution in [0.1, 0.15) is 17.4 Å². The zero-order valence-corrected chi connectivity index (χ0v) is 14.3. The highest BCUT2D eigenvalue weighted by molar-refractivity contribution is 9.10. The second-order valence-electron chi connectivity index (χ2n) is 5.31. The number of hydrogen-bond acceptors (Lipinski definition) is 2. The first-order chi connectivity index (χ1) is 10.6. The number of aryl methyl sites for hydroxylation is 2. The molecule has 0 aliphatic carbocycles. The first-order valence-corrected chi connectivity index (χ1v) is 7.96. The monoisotopic (exact) mass is 355 g/mol. The van der Waals surface area contributed by atoms with Crippen LogP contribution in [0.25, 0.3) is 11.0 Å². The van der Waals surface area contributed by atoms with Crippen molar-refractivity contribution in [1.29, 1.82) is 0 Å². The van der Waals surface area contributed by atoms with Gasteiger partial charge >= 0.3 is 0 Å². The van der Waals surface area contributed by atoms with Gasteiger partial charge in [-0.05, 0) is 24.6 Å². The minimum atomic E-state index is 0.0426. The Balaban J connectivity index is 2.06. The van der Waals surface area contributed by atoms with Crippen molar-refractivity contribution in [3.8, 4) is 0 Å². The van der Waals surface area contributed by atoms with Crippen LogP contribution in [0.3, 0.4) is 0 Å². The van der Waals surface area contributed by atoms with Gasteiger partial charge in [-0.2, -0.15) is 0 Å². The van der Waals surface area contributed by atoms with E-state index in [1.54, 1.807) is 0 Å². The lowest BCUT2D eigenvalue weighted by atomic mass is 10.1. The van der Waals surface area contributed by atoms with Crippen molar-refractivity contribution >= 4 is 32.7 Å². The number of anilines is 1. The van der Waals surface area contributed by atoms with Gasteiger partial charge in [0.05, 0.1) is 17.2 Å². The van der Waals surface area contributed by atoms with Crippen molar-refractivity contribution in [3.05, 3.63) is 71.0 Å². The fourth-order valence-electron chi connectivity index (χ4n) is 2.59. The summed E-state index contributed by atoms with van der Waals surface area (Å²) in [7, 11) is 2.03. The van der Waals surface area contributed by atoms with Crippen LogP contribution in [0, 0.1) is 6.92 Å². The summed E-state index contributed by atoms with van der Waals surface area (Å²) in [6.07, 6.45) is 1.91. The van der Waals surface area contributed by atoms with Crippen LogP contribution >= 0.6 is 15.9 Å². The molecule has 0 fully saturated rings. The highest BCUT2D eigenvalue weighted by Crippen LogP contribution is 2.31. The van der Waals surface area contributed by atoms with Crippen LogP contribution in [-0.2, 0) is 7.05 Å². The van der Waals surface area contributed by atoms with E-state index < -0.39 is 0 Å². The Hall–Kier alpha value is -2.07. The number of nitrogens with one attached hydrogen (secondary N) is 1. The second kappa shape index (κ2) is 5.97. The molecule has 0 saturated heterocycles. The molecule has 1 N–H and O–H groups in total. The third-order valence-electron chi connectivity index (χ3n) is 3.88. The first kappa shape index (κ1) is 14.9. The number of hydrogen-bond donors (Lipinski definition) is 1. The predicted molar refractivity (Wildman–Crippen MR) is 96.2 cm³/mol. The molecule has 22 heavy (non-hydrogen) atoms. The number of fused-ring (bicyclic) bond motifs is 1. The second-order valence-corrected chi connectivity index (χ2v) is 6.22. The normalized spacial score (nSPS) is 12.3. The van der Waals surface area contributed by atoms with E-state index in [0.29, 0.717) is 0 Å². The van der Waals surface area contributed by atoms with Crippen molar-refractivity contribution < 1.29 is 0 Å². The number of imidazole rings is 1. The molecule has 1 atom stereocenters. The predicted octanol–water partition coefficient (Wildman–Crippen LogP) is 4.98. The summed E-state index contributed by atoms with van der Waals surface area (Å²) in [5.41, 5.74) is 4.26. The SMILES string of the molecule is C=CC(Nc1cc(Br)cc2c1nc(C)n2C)c1ccccc1. The Morgan fingerprint density at radius 1 is 1.27 bits per heavy atom. The average molecular weight is 356 g/mol. The fraction of sp³-hybridized carbons (Fsp3) is 0.167. The van der Waals surface area contributed by atoms with Gasteiger partial charge in [-0.1, -0.05) is 52.3 Å². The molecule has 1 unspecified atom stereocenters. The van der Waals surface area contributed by atoms with Gasteiger partial charge in [0.1, 0.15) is 11.3 Å². The fourth-order valence-corrected chi connectivity index (χ4v) is 3.03. The summed E-state index contributed by atoms with van der Waals surface area (Å²) in [4.78, 5) is 4.68. The van der Waals surface area contributed by atoms with Crippen LogP contribution in [0.4, 0.5) is 5.69 Å². The number of benzene rings is 2. The molecular formula is C18H18BrN3. The first-order valence-electron chi connectivity index (χ1n) is 7.16. The molecule has 1 heterocycles. The molecule has 112 valence electrons. The molecule has 0 saturated carbocycles. The maximum absolute atomic E-state index is 4.68. The van der Waals surface area contributed by atoms with Crippen molar-refractivity contribution in [2.75, 3.05) is 5.32 Å². The van der Waals surface area contributed by atoms with E-state index in [1.165, 1.54) is 5.56 Å². The molecule has 0 aliphatic rings. The summed E-state index contributed by atoms with van der Waals surface area (Å²) < 4.78 is 3.12. The molecule has 0 bridgehead atoms. The third-order valence-corrected chi connectivity index (χ3v) is 4.34. The molecule has 3 nitrogen and oxygen atoms in total. The lowest BCUT2D eigenvalue weighted by molar-refractivity contribution is 0.886. The van der Waals surface area contributed by atoms with Crippen molar-refractivity contribution in [2.24, 2.45) is 7.05 Å². The van der Waals surface area contributed by atoms with E-state index in [2.05, 4.69) is 61.6 Å². The molecule has 1 aromatic heterocycles. The van der Waals surface area contributed by atoms with Crippen LogP contribution in [0.5, 0.6) is 0 Å². The van der Waals surface area contributed by atoms with Gasteiger partial charge in [0, 0.05) is 11.5 Å². The van der Waals surface area contributed by atoms with Crippen LogP contribution in [-0.4, -0.2) is 9.55 Å². The summed E-state index contributed by atoms with van der Waals surface area (Å²) >= 11 is 3.59. The van der Waals surface area contributed by atoms with Crippen LogP contribution < -0.4 is 5.32 Å². The summed E-state index contributed by atoms with van der Waals surface area (Å²) in [5, 5.41) is 3.55. The maximum Gasteiger partial charge on any atom is 0.112 e. The smallest absolute Gasteiger partial charge is 0.112 e. The molecule has 4 heteroatoms. The van der Waals surface area contributed by atoms with Crippen molar-refractivity contribution in [1.82, 2.24) is 9.55 Å². The standard InChI is InChI=1S/C18H18BrN3/c1-4-15(13-8-6-5-7-9-13)21-16-10-14(19)11-17-18(16)20-12(2)22(17)3/h4-11,15,21H,1H2,2-3H3. The number of aromatic nitrogens is 2. The molecular weight excluding hydrogens is 338 g/mol. The minimum absolute atomic E-state index is 0.0426. The molecule has 3 rings (SSSR count). The van der Waals surface area contributed by atoms with E-state index in [9.17, 15) is 0 Å². The molecule has 0 amide bonds. The topological polar surface area (TPSA) is 29.9 Å².